The normalized spacial score (nSPS) is 11.2. The summed E-state index contributed by atoms with van der Waals surface area (Å²) in [6.45, 7) is 4.29. The number of benzene rings is 4. The van der Waals surface area contributed by atoms with E-state index in [0.717, 1.165) is 27.5 Å². The van der Waals surface area contributed by atoms with E-state index >= 15 is 0 Å². The Balaban J connectivity index is 1.63. The molecule has 0 bridgehead atoms. The molecule has 34 heavy (non-hydrogen) atoms. The molecule has 1 amide bonds. The Bertz CT molecular complexity index is 1450. The molecule has 0 aliphatic heterocycles. The van der Waals surface area contributed by atoms with Crippen molar-refractivity contribution in [1.29, 1.82) is 5.26 Å². The van der Waals surface area contributed by atoms with E-state index in [0.29, 0.717) is 28.6 Å². The number of nitriles is 1. The van der Waals surface area contributed by atoms with Gasteiger partial charge in [-0.05, 0) is 66.1 Å². The highest BCUT2D eigenvalue weighted by molar-refractivity contribution is 6.30. The second-order valence-electron chi connectivity index (χ2n) is 7.99. The standard InChI is InChI=1S/C29H23ClN2O2/c1-19-11-12-21-8-4-5-9-25(21)26(19)18-34-28-14-13-24(30)16-22(28)15-23(17-31)29(33)32-27-10-6-3-7-20(27)2/h3-16H,18H2,1-2H3,(H,32,33)/b23-15+. The summed E-state index contributed by atoms with van der Waals surface area (Å²) in [7, 11) is 0. The van der Waals surface area contributed by atoms with Gasteiger partial charge in [0.25, 0.3) is 5.91 Å². The lowest BCUT2D eigenvalue weighted by atomic mass is 10.0. The fourth-order valence-corrected chi connectivity index (χ4v) is 3.94. The molecule has 0 radical (unpaired) electrons. The molecule has 4 aromatic carbocycles. The first-order chi connectivity index (χ1) is 16.5. The van der Waals surface area contributed by atoms with E-state index < -0.39 is 5.91 Å². The van der Waals surface area contributed by atoms with E-state index in [9.17, 15) is 10.1 Å². The maximum atomic E-state index is 12.8. The van der Waals surface area contributed by atoms with Crippen LogP contribution in [0.25, 0.3) is 16.8 Å². The van der Waals surface area contributed by atoms with Crippen molar-refractivity contribution < 1.29 is 9.53 Å². The van der Waals surface area contributed by atoms with E-state index in [1.807, 2.05) is 43.3 Å². The number of nitrogens with one attached hydrogen (secondary N) is 1. The summed E-state index contributed by atoms with van der Waals surface area (Å²) in [6, 6.07) is 26.9. The molecule has 0 atom stereocenters. The van der Waals surface area contributed by atoms with Gasteiger partial charge in [0.15, 0.2) is 0 Å². The van der Waals surface area contributed by atoms with Crippen LogP contribution >= 0.6 is 11.6 Å². The summed E-state index contributed by atoms with van der Waals surface area (Å²) in [5.41, 5.74) is 4.28. The Morgan fingerprint density at radius 1 is 1.00 bits per heavy atom. The second-order valence-corrected chi connectivity index (χ2v) is 8.43. The molecular formula is C29H23ClN2O2. The van der Waals surface area contributed by atoms with Gasteiger partial charge in [0.1, 0.15) is 24.0 Å². The zero-order valence-electron chi connectivity index (χ0n) is 18.9. The summed E-state index contributed by atoms with van der Waals surface area (Å²) in [5.74, 6) is 0.0424. The number of rotatable bonds is 6. The Hall–Kier alpha value is -4.07. The number of carbonyl (C=O) groups excluding carboxylic acids is 1. The van der Waals surface area contributed by atoms with E-state index in [1.54, 1.807) is 24.3 Å². The molecular weight excluding hydrogens is 444 g/mol. The smallest absolute Gasteiger partial charge is 0.266 e. The van der Waals surface area contributed by atoms with Crippen LogP contribution in [-0.4, -0.2) is 5.91 Å². The number of hydrogen-bond donors (Lipinski definition) is 1. The third-order valence-corrected chi connectivity index (χ3v) is 5.91. The highest BCUT2D eigenvalue weighted by Crippen LogP contribution is 2.29. The van der Waals surface area contributed by atoms with Crippen LogP contribution in [0.15, 0.2) is 84.4 Å². The monoisotopic (exact) mass is 466 g/mol. The van der Waals surface area contributed by atoms with Crippen LogP contribution in [0.5, 0.6) is 5.75 Å². The van der Waals surface area contributed by atoms with Gasteiger partial charge in [-0.25, -0.2) is 0 Å². The van der Waals surface area contributed by atoms with Gasteiger partial charge in [-0.3, -0.25) is 4.79 Å². The maximum Gasteiger partial charge on any atom is 0.266 e. The first-order valence-electron chi connectivity index (χ1n) is 10.8. The van der Waals surface area contributed by atoms with Crippen molar-refractivity contribution in [2.75, 3.05) is 5.32 Å². The third-order valence-electron chi connectivity index (χ3n) is 5.68. The number of hydrogen-bond acceptors (Lipinski definition) is 3. The van der Waals surface area contributed by atoms with Crippen molar-refractivity contribution in [2.45, 2.75) is 20.5 Å². The summed E-state index contributed by atoms with van der Waals surface area (Å²) < 4.78 is 6.19. The number of halogens is 1. The Morgan fingerprint density at radius 3 is 2.56 bits per heavy atom. The van der Waals surface area contributed by atoms with E-state index in [1.165, 1.54) is 6.08 Å². The van der Waals surface area contributed by atoms with Crippen molar-refractivity contribution in [3.8, 4) is 11.8 Å². The molecule has 0 aliphatic rings. The quantitative estimate of drug-likeness (QED) is 0.241. The zero-order valence-corrected chi connectivity index (χ0v) is 19.7. The number of aryl methyl sites for hydroxylation is 2. The molecule has 4 rings (SSSR count). The Kier molecular flexibility index (Phi) is 6.96. The number of para-hydroxylation sites is 1. The van der Waals surface area contributed by atoms with Gasteiger partial charge in [-0.2, -0.15) is 5.26 Å². The number of ether oxygens (including phenoxy) is 1. The van der Waals surface area contributed by atoms with Crippen molar-refractivity contribution in [1.82, 2.24) is 0 Å². The Labute approximate surface area is 204 Å². The number of anilines is 1. The topological polar surface area (TPSA) is 62.1 Å². The fourth-order valence-electron chi connectivity index (χ4n) is 3.76. The molecule has 5 heteroatoms. The van der Waals surface area contributed by atoms with Gasteiger partial charge < -0.3 is 10.1 Å². The number of nitrogens with zero attached hydrogens (tertiary/aromatic N) is 1. The third kappa shape index (κ3) is 5.11. The summed E-state index contributed by atoms with van der Waals surface area (Å²) in [6.07, 6.45) is 1.50. The number of carbonyl (C=O) groups is 1. The van der Waals surface area contributed by atoms with Crippen molar-refractivity contribution in [2.24, 2.45) is 0 Å². The minimum atomic E-state index is -0.493. The van der Waals surface area contributed by atoms with Crippen LogP contribution in [0.4, 0.5) is 5.69 Å². The molecule has 0 aliphatic carbocycles. The van der Waals surface area contributed by atoms with Gasteiger partial charge >= 0.3 is 0 Å². The predicted molar refractivity (Wildman–Crippen MR) is 138 cm³/mol. The minimum absolute atomic E-state index is 0.0447. The van der Waals surface area contributed by atoms with Crippen LogP contribution in [0.3, 0.4) is 0 Å². The molecule has 4 nitrogen and oxygen atoms in total. The molecule has 0 saturated heterocycles. The molecule has 0 fully saturated rings. The lowest BCUT2D eigenvalue weighted by Gasteiger charge is -2.14. The summed E-state index contributed by atoms with van der Waals surface area (Å²) in [4.78, 5) is 12.8. The average molecular weight is 467 g/mol. The predicted octanol–water partition coefficient (Wildman–Crippen LogP) is 7.23. The molecule has 0 aromatic heterocycles. The van der Waals surface area contributed by atoms with Gasteiger partial charge in [-0.1, -0.05) is 66.2 Å². The van der Waals surface area contributed by atoms with Crippen LogP contribution in [0.1, 0.15) is 22.3 Å². The molecule has 0 heterocycles. The molecule has 0 unspecified atom stereocenters. The molecule has 1 N–H and O–H groups in total. The SMILES string of the molecule is Cc1ccccc1NC(=O)/C(C#N)=C/c1cc(Cl)ccc1OCc1c(C)ccc2ccccc12. The minimum Gasteiger partial charge on any atom is -0.488 e. The summed E-state index contributed by atoms with van der Waals surface area (Å²) in [5, 5.41) is 15.2. The van der Waals surface area contributed by atoms with E-state index in [4.69, 9.17) is 16.3 Å². The van der Waals surface area contributed by atoms with Crippen molar-refractivity contribution in [3.05, 3.63) is 112 Å². The lowest BCUT2D eigenvalue weighted by molar-refractivity contribution is -0.112. The van der Waals surface area contributed by atoms with Gasteiger partial charge in [0.2, 0.25) is 0 Å². The van der Waals surface area contributed by atoms with Crippen LogP contribution < -0.4 is 10.1 Å². The van der Waals surface area contributed by atoms with Gasteiger partial charge in [-0.15, -0.1) is 0 Å². The van der Waals surface area contributed by atoms with Crippen molar-refractivity contribution in [3.63, 3.8) is 0 Å². The first kappa shape index (κ1) is 23.1. The fraction of sp³-hybridized carbons (Fsp3) is 0.103. The highest BCUT2D eigenvalue weighted by Gasteiger charge is 2.14. The lowest BCUT2D eigenvalue weighted by Crippen LogP contribution is -2.14. The molecule has 0 spiro atoms. The summed E-state index contributed by atoms with van der Waals surface area (Å²) >= 11 is 6.23. The maximum absolute atomic E-state index is 12.8. The largest absolute Gasteiger partial charge is 0.488 e. The number of fused-ring (bicyclic) bond motifs is 1. The van der Waals surface area contributed by atoms with Crippen molar-refractivity contribution >= 4 is 40.0 Å². The van der Waals surface area contributed by atoms with Gasteiger partial charge in [0.05, 0.1) is 0 Å². The average Bonchev–Trinajstić information content (AvgIpc) is 2.84. The van der Waals surface area contributed by atoms with E-state index in [-0.39, 0.29) is 5.57 Å². The first-order valence-corrected chi connectivity index (χ1v) is 11.2. The van der Waals surface area contributed by atoms with Crippen LogP contribution in [-0.2, 0) is 11.4 Å². The molecule has 168 valence electrons. The number of amides is 1. The molecule has 0 saturated carbocycles. The Morgan fingerprint density at radius 2 is 1.76 bits per heavy atom. The van der Waals surface area contributed by atoms with Crippen LogP contribution in [0.2, 0.25) is 5.02 Å². The zero-order chi connectivity index (χ0) is 24.1. The van der Waals surface area contributed by atoms with Crippen LogP contribution in [0, 0.1) is 25.2 Å². The van der Waals surface area contributed by atoms with E-state index in [2.05, 4.69) is 36.5 Å². The van der Waals surface area contributed by atoms with Gasteiger partial charge in [0, 0.05) is 21.8 Å². The second kappa shape index (κ2) is 10.2. The molecule has 4 aromatic rings. The highest BCUT2D eigenvalue weighted by atomic mass is 35.5.